The highest BCUT2D eigenvalue weighted by Gasteiger charge is 2.38. The van der Waals surface area contributed by atoms with Gasteiger partial charge in [0.25, 0.3) is 0 Å². The Morgan fingerprint density at radius 1 is 1.03 bits per heavy atom. The molecule has 0 unspecified atom stereocenters. The third-order valence-electron chi connectivity index (χ3n) is 5.93. The summed E-state index contributed by atoms with van der Waals surface area (Å²) in [5, 5.41) is 13.6. The monoisotopic (exact) mass is 443 g/mol. The second-order valence-electron chi connectivity index (χ2n) is 8.67. The maximum absolute atomic E-state index is 11.9. The van der Waals surface area contributed by atoms with E-state index in [1.807, 2.05) is 64.1 Å². The molecule has 0 atom stereocenters. The fourth-order valence-corrected chi connectivity index (χ4v) is 3.86. The number of nitrogens with zero attached hydrogens (tertiary/aromatic N) is 7. The summed E-state index contributed by atoms with van der Waals surface area (Å²) < 4.78 is 1.69. The Labute approximate surface area is 194 Å². The van der Waals surface area contributed by atoms with E-state index in [2.05, 4.69) is 28.9 Å². The molecule has 0 saturated carbocycles. The molecule has 0 fully saturated rings. The van der Waals surface area contributed by atoms with E-state index < -0.39 is 5.41 Å². The van der Waals surface area contributed by atoms with E-state index in [1.54, 1.807) is 4.68 Å². The number of rotatable bonds is 7. The van der Waals surface area contributed by atoms with Crippen LogP contribution < -0.4 is 4.90 Å². The van der Waals surface area contributed by atoms with Crippen LogP contribution in [0.25, 0.3) is 11.4 Å². The van der Waals surface area contributed by atoms with Crippen molar-refractivity contribution in [1.82, 2.24) is 19.9 Å². The number of benzene rings is 1. The molecule has 0 amide bonds. The van der Waals surface area contributed by atoms with E-state index in [1.165, 1.54) is 0 Å². The molecule has 33 heavy (non-hydrogen) atoms. The van der Waals surface area contributed by atoms with Crippen molar-refractivity contribution < 1.29 is 4.79 Å². The zero-order chi connectivity index (χ0) is 23.8. The van der Waals surface area contributed by atoms with Crippen LogP contribution in [0.15, 0.2) is 46.5 Å². The number of anilines is 1. The van der Waals surface area contributed by atoms with Crippen molar-refractivity contribution >= 4 is 29.2 Å². The molecule has 3 heterocycles. The number of aromatic nitrogens is 4. The minimum atomic E-state index is -0.842. The Kier molecular flexibility index (Phi) is 5.93. The van der Waals surface area contributed by atoms with Gasteiger partial charge in [0, 0.05) is 18.7 Å². The lowest BCUT2D eigenvalue weighted by Gasteiger charge is -2.20. The van der Waals surface area contributed by atoms with Crippen LogP contribution in [0.4, 0.5) is 11.5 Å². The Morgan fingerprint density at radius 3 is 2.36 bits per heavy atom. The van der Waals surface area contributed by atoms with Gasteiger partial charge in [-0.25, -0.2) is 9.98 Å². The summed E-state index contributed by atoms with van der Waals surface area (Å²) >= 11 is 0. The van der Waals surface area contributed by atoms with Crippen molar-refractivity contribution in [1.29, 1.82) is 0 Å². The first-order chi connectivity index (χ1) is 15.8. The molecule has 3 aromatic rings. The summed E-state index contributed by atoms with van der Waals surface area (Å²) in [6.07, 6.45) is 0.892. The fourth-order valence-electron chi connectivity index (χ4n) is 3.86. The van der Waals surface area contributed by atoms with Gasteiger partial charge in [-0.15, -0.1) is 10.2 Å². The third kappa shape index (κ3) is 3.97. The SMILES string of the molecule is CCN(CC)c1ccc(N=C2C(C(C)(C)C=O)=Nn3c2nnc3-c2ccccc2C)c(C)n1. The van der Waals surface area contributed by atoms with Crippen LogP contribution in [-0.4, -0.2) is 50.7 Å². The van der Waals surface area contributed by atoms with Crippen molar-refractivity contribution in [3.63, 3.8) is 0 Å². The van der Waals surface area contributed by atoms with Crippen molar-refractivity contribution in [3.05, 3.63) is 53.5 Å². The van der Waals surface area contributed by atoms with Gasteiger partial charge >= 0.3 is 0 Å². The highest BCUT2D eigenvalue weighted by Crippen LogP contribution is 2.31. The molecule has 8 heteroatoms. The standard InChI is InChI=1S/C25H29N7O/c1-7-31(8-2)20-14-13-19(17(4)26-20)27-21-22(25(5,6)15-33)30-32-23(28-29-24(21)32)18-12-10-9-11-16(18)3/h9-15H,7-8H2,1-6H3. The Bertz CT molecular complexity index is 1270. The zero-order valence-corrected chi connectivity index (χ0v) is 20.0. The van der Waals surface area contributed by atoms with E-state index >= 15 is 0 Å². The van der Waals surface area contributed by atoms with Crippen LogP contribution >= 0.6 is 0 Å². The molecule has 1 aliphatic heterocycles. The van der Waals surface area contributed by atoms with Gasteiger partial charge in [-0.1, -0.05) is 24.3 Å². The molecule has 1 aromatic carbocycles. The van der Waals surface area contributed by atoms with Gasteiger partial charge < -0.3 is 9.69 Å². The normalized spacial score (nSPS) is 14.4. The summed E-state index contributed by atoms with van der Waals surface area (Å²) in [7, 11) is 0. The van der Waals surface area contributed by atoms with Gasteiger partial charge in [0.05, 0.1) is 16.8 Å². The number of carbonyl (C=O) groups excluding carboxylic acids is 1. The molecule has 0 spiro atoms. The summed E-state index contributed by atoms with van der Waals surface area (Å²) in [5.41, 5.74) is 3.77. The number of aliphatic imine (C=N–C) groups is 1. The zero-order valence-electron chi connectivity index (χ0n) is 20.0. The highest BCUT2D eigenvalue weighted by atomic mass is 16.1. The number of hydrogen-bond donors (Lipinski definition) is 0. The number of fused-ring (bicyclic) bond motifs is 1. The van der Waals surface area contributed by atoms with Crippen molar-refractivity contribution in [2.45, 2.75) is 41.5 Å². The van der Waals surface area contributed by atoms with Crippen LogP contribution in [0, 0.1) is 19.3 Å². The average Bonchev–Trinajstić information content (AvgIpc) is 3.37. The van der Waals surface area contributed by atoms with E-state index in [-0.39, 0.29) is 0 Å². The second-order valence-corrected chi connectivity index (χ2v) is 8.67. The number of aryl methyl sites for hydroxylation is 2. The molecule has 170 valence electrons. The molecule has 0 bridgehead atoms. The largest absolute Gasteiger partial charge is 0.357 e. The van der Waals surface area contributed by atoms with Crippen LogP contribution in [0.2, 0.25) is 0 Å². The molecule has 0 aliphatic carbocycles. The van der Waals surface area contributed by atoms with Crippen LogP contribution in [0.5, 0.6) is 0 Å². The predicted octanol–water partition coefficient (Wildman–Crippen LogP) is 4.37. The minimum absolute atomic E-state index is 0.519. The molecule has 8 nitrogen and oxygen atoms in total. The van der Waals surface area contributed by atoms with Gasteiger partial charge in [-0.3, -0.25) is 0 Å². The lowest BCUT2D eigenvalue weighted by Crippen LogP contribution is -2.31. The molecular weight excluding hydrogens is 414 g/mol. The quantitative estimate of drug-likeness (QED) is 0.506. The molecule has 4 rings (SSSR count). The van der Waals surface area contributed by atoms with Crippen molar-refractivity contribution in [3.8, 4) is 11.4 Å². The first-order valence-corrected chi connectivity index (χ1v) is 11.2. The van der Waals surface area contributed by atoms with Crippen molar-refractivity contribution in [2.24, 2.45) is 15.5 Å². The van der Waals surface area contributed by atoms with Crippen molar-refractivity contribution in [2.75, 3.05) is 18.0 Å². The summed E-state index contributed by atoms with van der Waals surface area (Å²) in [4.78, 5) is 23.8. The van der Waals surface area contributed by atoms with E-state index in [9.17, 15) is 4.79 Å². The van der Waals surface area contributed by atoms with Gasteiger partial charge in [0.2, 0.25) is 5.82 Å². The molecule has 0 N–H and O–H groups in total. The van der Waals surface area contributed by atoms with E-state index in [0.29, 0.717) is 28.8 Å². The van der Waals surface area contributed by atoms with Gasteiger partial charge in [0.1, 0.15) is 23.5 Å². The maximum atomic E-state index is 11.9. The second kappa shape index (κ2) is 8.69. The van der Waals surface area contributed by atoms with Crippen LogP contribution in [-0.2, 0) is 4.79 Å². The number of hydrogen-bond acceptors (Lipinski definition) is 7. The smallest absolute Gasteiger partial charge is 0.205 e. The summed E-state index contributed by atoms with van der Waals surface area (Å²) in [5.74, 6) is 2.06. The summed E-state index contributed by atoms with van der Waals surface area (Å²) in [6.45, 7) is 13.6. The average molecular weight is 444 g/mol. The maximum Gasteiger partial charge on any atom is 0.205 e. The Hall–Kier alpha value is -3.68. The number of carbonyl (C=O) groups is 1. The molecule has 0 radical (unpaired) electrons. The topological polar surface area (TPSA) is 88.6 Å². The molecule has 2 aromatic heterocycles. The van der Waals surface area contributed by atoms with E-state index in [0.717, 1.165) is 42.0 Å². The highest BCUT2D eigenvalue weighted by molar-refractivity contribution is 6.52. The molecular formula is C25H29N7O. The summed E-state index contributed by atoms with van der Waals surface area (Å²) in [6, 6.07) is 11.9. The minimum Gasteiger partial charge on any atom is -0.357 e. The predicted molar refractivity (Wildman–Crippen MR) is 132 cm³/mol. The van der Waals surface area contributed by atoms with E-state index in [4.69, 9.17) is 15.1 Å². The number of aldehydes is 1. The molecule has 1 aliphatic rings. The lowest BCUT2D eigenvalue weighted by molar-refractivity contribution is -0.112. The fraction of sp³-hybridized carbons (Fsp3) is 0.360. The van der Waals surface area contributed by atoms with Gasteiger partial charge in [-0.05, 0) is 59.2 Å². The number of pyridine rings is 1. The molecule has 0 saturated heterocycles. The lowest BCUT2D eigenvalue weighted by atomic mass is 9.86. The van der Waals surface area contributed by atoms with Crippen LogP contribution in [0.1, 0.15) is 44.8 Å². The first kappa shape index (κ1) is 22.5. The Balaban J connectivity index is 1.86. The van der Waals surface area contributed by atoms with Gasteiger partial charge in [0.15, 0.2) is 5.82 Å². The Morgan fingerprint density at radius 2 is 1.73 bits per heavy atom. The third-order valence-corrected chi connectivity index (χ3v) is 5.93. The van der Waals surface area contributed by atoms with Gasteiger partial charge in [-0.2, -0.15) is 9.78 Å². The van der Waals surface area contributed by atoms with Crippen LogP contribution in [0.3, 0.4) is 0 Å². The first-order valence-electron chi connectivity index (χ1n) is 11.2.